The van der Waals surface area contributed by atoms with Crippen LogP contribution in [0.4, 0.5) is 11.4 Å². The van der Waals surface area contributed by atoms with E-state index in [0.717, 1.165) is 5.56 Å². The number of hydrogen-bond donors (Lipinski definition) is 2. The van der Waals surface area contributed by atoms with E-state index < -0.39 is 16.9 Å². The van der Waals surface area contributed by atoms with Crippen molar-refractivity contribution in [1.29, 1.82) is 0 Å². The molecule has 0 aliphatic heterocycles. The van der Waals surface area contributed by atoms with E-state index in [2.05, 4.69) is 20.8 Å². The Kier molecular flexibility index (Phi) is 9.05. The van der Waals surface area contributed by atoms with E-state index in [1.807, 2.05) is 38.3 Å². The molecule has 0 spiro atoms. The van der Waals surface area contributed by atoms with Crippen molar-refractivity contribution >= 4 is 46.6 Å². The number of nitrogens with one attached hydrogen (secondary N) is 2. The van der Waals surface area contributed by atoms with Gasteiger partial charge in [0.15, 0.2) is 11.0 Å². The molecule has 0 aliphatic carbocycles. The minimum absolute atomic E-state index is 0.0471. The van der Waals surface area contributed by atoms with Gasteiger partial charge in [0, 0.05) is 35.0 Å². The zero-order valence-corrected chi connectivity index (χ0v) is 21.9. The highest BCUT2D eigenvalue weighted by atomic mass is 35.5. The number of nitro benzene ring substituents is 1. The number of non-ortho nitro benzene ring substituents is 1. The van der Waals surface area contributed by atoms with Gasteiger partial charge >= 0.3 is 0 Å². The minimum atomic E-state index is -0.544. The maximum atomic E-state index is 12.9. The Hall–Kier alpha value is -3.44. The fraction of sp³-hybridized carbons (Fsp3) is 0.333. The molecular weight excluding hydrogens is 504 g/mol. The largest absolute Gasteiger partial charge is 0.342 e. The maximum Gasteiger partial charge on any atom is 0.270 e. The summed E-state index contributed by atoms with van der Waals surface area (Å²) in [6.45, 7) is 8.19. The lowest BCUT2D eigenvalue weighted by atomic mass is 10.0. The second-order valence-corrected chi connectivity index (χ2v) is 9.76. The van der Waals surface area contributed by atoms with E-state index in [-0.39, 0.29) is 28.8 Å². The van der Waals surface area contributed by atoms with Crippen LogP contribution in [-0.4, -0.2) is 37.3 Å². The summed E-state index contributed by atoms with van der Waals surface area (Å²) in [4.78, 5) is 36.0. The van der Waals surface area contributed by atoms with E-state index in [9.17, 15) is 19.7 Å². The smallest absolute Gasteiger partial charge is 0.270 e. The number of anilines is 1. The summed E-state index contributed by atoms with van der Waals surface area (Å²) in [6, 6.07) is 10.3. The minimum Gasteiger partial charge on any atom is -0.342 e. The molecular formula is C24H27ClN6O4S. The van der Waals surface area contributed by atoms with Gasteiger partial charge in [-0.05, 0) is 43.5 Å². The molecule has 0 radical (unpaired) electrons. The van der Waals surface area contributed by atoms with Crippen molar-refractivity contribution in [1.82, 2.24) is 20.1 Å². The summed E-state index contributed by atoms with van der Waals surface area (Å²) >= 11 is 7.27. The third-order valence-electron chi connectivity index (χ3n) is 5.42. The number of nitrogens with zero attached hydrogens (tertiary/aromatic N) is 4. The molecule has 2 aromatic carbocycles. The number of thioether (sulfide) groups is 1. The monoisotopic (exact) mass is 530 g/mol. The zero-order valence-electron chi connectivity index (χ0n) is 20.3. The zero-order chi connectivity index (χ0) is 26.4. The Morgan fingerprint density at radius 1 is 1.19 bits per heavy atom. The van der Waals surface area contributed by atoms with E-state index >= 15 is 0 Å². The third-order valence-corrected chi connectivity index (χ3v) is 6.62. The summed E-state index contributed by atoms with van der Waals surface area (Å²) in [6.07, 6.45) is 0. The van der Waals surface area contributed by atoms with Gasteiger partial charge in [-0.2, -0.15) is 0 Å². The van der Waals surface area contributed by atoms with Crippen LogP contribution in [0.5, 0.6) is 0 Å². The van der Waals surface area contributed by atoms with Gasteiger partial charge in [0.25, 0.3) is 11.6 Å². The lowest BCUT2D eigenvalue weighted by Gasteiger charge is -2.22. The Morgan fingerprint density at radius 3 is 2.61 bits per heavy atom. The molecule has 0 aliphatic rings. The van der Waals surface area contributed by atoms with Crippen molar-refractivity contribution in [2.75, 3.05) is 11.1 Å². The van der Waals surface area contributed by atoms with Crippen LogP contribution >= 0.6 is 23.4 Å². The number of nitro groups is 1. The number of rotatable bonds is 10. The van der Waals surface area contributed by atoms with Crippen molar-refractivity contribution in [3.63, 3.8) is 0 Å². The summed E-state index contributed by atoms with van der Waals surface area (Å²) < 4.78 is 1.85. The van der Waals surface area contributed by atoms with Crippen LogP contribution in [0.3, 0.4) is 0 Å². The first-order valence-corrected chi connectivity index (χ1v) is 12.6. The van der Waals surface area contributed by atoms with Crippen molar-refractivity contribution in [3.8, 4) is 0 Å². The number of amides is 2. The van der Waals surface area contributed by atoms with Crippen molar-refractivity contribution in [3.05, 3.63) is 74.6 Å². The van der Waals surface area contributed by atoms with Crippen LogP contribution in [0.2, 0.25) is 5.02 Å². The molecule has 2 N–H and O–H groups in total. The van der Waals surface area contributed by atoms with Crippen LogP contribution in [0.15, 0.2) is 47.6 Å². The van der Waals surface area contributed by atoms with Gasteiger partial charge in [-0.1, -0.05) is 49.3 Å². The first kappa shape index (κ1) is 27.2. The number of aromatic nitrogens is 3. The van der Waals surface area contributed by atoms with E-state index in [4.69, 9.17) is 11.6 Å². The molecule has 1 aromatic heterocycles. The maximum absolute atomic E-state index is 12.9. The number of aryl methyl sites for hydroxylation is 1. The molecule has 0 bridgehead atoms. The van der Waals surface area contributed by atoms with Gasteiger partial charge in [-0.15, -0.1) is 10.2 Å². The molecule has 0 fully saturated rings. The fourth-order valence-corrected chi connectivity index (χ4v) is 4.48. The molecule has 1 heterocycles. The van der Waals surface area contributed by atoms with Crippen LogP contribution in [0.1, 0.15) is 48.6 Å². The molecule has 36 heavy (non-hydrogen) atoms. The normalized spacial score (nSPS) is 11.8. The van der Waals surface area contributed by atoms with Crippen LogP contribution in [-0.2, 0) is 11.3 Å². The molecule has 3 rings (SSSR count). The number of hydrogen-bond acceptors (Lipinski definition) is 7. The van der Waals surface area contributed by atoms with Crippen molar-refractivity contribution < 1.29 is 14.5 Å². The van der Waals surface area contributed by atoms with Crippen molar-refractivity contribution in [2.45, 2.75) is 45.4 Å². The summed E-state index contributed by atoms with van der Waals surface area (Å²) in [5.74, 6) is -0.0596. The summed E-state index contributed by atoms with van der Waals surface area (Å²) in [5.41, 5.74) is 1.57. The lowest BCUT2D eigenvalue weighted by Crippen LogP contribution is -2.33. The predicted octanol–water partition coefficient (Wildman–Crippen LogP) is 5.03. The Labute approximate surface area is 218 Å². The first-order chi connectivity index (χ1) is 17.1. The highest BCUT2D eigenvalue weighted by Gasteiger charge is 2.26. The Morgan fingerprint density at radius 2 is 1.94 bits per heavy atom. The standard InChI is InChI=1S/C24H27ClN6O4S/c1-5-30-22(21(14(2)3)27-23(33)16-7-6-8-18(11-16)31(34)35)28-29-24(30)36-13-20(32)26-19-12-17(25)10-9-15(19)4/h6-12,14,21H,5,13H2,1-4H3,(H,26,32)(H,27,33)/t21-/m0/s1. The predicted molar refractivity (Wildman–Crippen MR) is 139 cm³/mol. The van der Waals surface area contributed by atoms with Gasteiger partial charge in [-0.3, -0.25) is 19.7 Å². The summed E-state index contributed by atoms with van der Waals surface area (Å²) in [5, 5.41) is 26.5. The average molecular weight is 531 g/mol. The quantitative estimate of drug-likeness (QED) is 0.213. The third kappa shape index (κ3) is 6.61. The number of carbonyl (C=O) groups excluding carboxylic acids is 2. The van der Waals surface area contributed by atoms with Crippen LogP contribution in [0, 0.1) is 23.0 Å². The topological polar surface area (TPSA) is 132 Å². The van der Waals surface area contributed by atoms with Gasteiger partial charge in [0.05, 0.1) is 16.7 Å². The van der Waals surface area contributed by atoms with Gasteiger partial charge in [0.2, 0.25) is 5.91 Å². The van der Waals surface area contributed by atoms with Gasteiger partial charge < -0.3 is 15.2 Å². The molecule has 0 unspecified atom stereocenters. The highest BCUT2D eigenvalue weighted by Crippen LogP contribution is 2.26. The number of carbonyl (C=O) groups is 2. The number of benzene rings is 2. The fourth-order valence-electron chi connectivity index (χ4n) is 3.49. The van der Waals surface area contributed by atoms with Gasteiger partial charge in [0.1, 0.15) is 0 Å². The molecule has 190 valence electrons. The molecule has 0 saturated heterocycles. The van der Waals surface area contributed by atoms with E-state index in [1.165, 1.54) is 36.0 Å². The van der Waals surface area contributed by atoms with E-state index in [0.29, 0.717) is 28.2 Å². The second-order valence-electron chi connectivity index (χ2n) is 8.38. The second kappa shape index (κ2) is 12.0. The molecule has 0 saturated carbocycles. The molecule has 1 atom stereocenters. The molecule has 3 aromatic rings. The molecule has 2 amide bonds. The first-order valence-electron chi connectivity index (χ1n) is 11.3. The number of halogens is 1. The Balaban J connectivity index is 1.74. The average Bonchev–Trinajstić information content (AvgIpc) is 3.25. The lowest BCUT2D eigenvalue weighted by molar-refractivity contribution is -0.384. The van der Waals surface area contributed by atoms with Crippen molar-refractivity contribution in [2.24, 2.45) is 5.92 Å². The van der Waals surface area contributed by atoms with Gasteiger partial charge in [-0.25, -0.2) is 0 Å². The molecule has 12 heteroatoms. The highest BCUT2D eigenvalue weighted by molar-refractivity contribution is 7.99. The molecule has 10 nitrogen and oxygen atoms in total. The SMILES string of the molecule is CCn1c(SCC(=O)Nc2cc(Cl)ccc2C)nnc1[C@@H](NC(=O)c1cccc([N+](=O)[O-])c1)C(C)C. The summed E-state index contributed by atoms with van der Waals surface area (Å²) in [7, 11) is 0. The van der Waals surface area contributed by atoms with E-state index in [1.54, 1.807) is 12.1 Å². The Bertz CT molecular complexity index is 1280. The van der Waals surface area contributed by atoms with Crippen LogP contribution < -0.4 is 10.6 Å². The van der Waals surface area contributed by atoms with Crippen LogP contribution in [0.25, 0.3) is 0 Å².